The Morgan fingerprint density at radius 3 is 2.19 bits per heavy atom. The van der Waals surface area contributed by atoms with E-state index in [-0.39, 0.29) is 5.91 Å². The molecule has 3 rings (SSSR count). The van der Waals surface area contributed by atoms with Crippen LogP contribution in [0.3, 0.4) is 0 Å². The maximum absolute atomic E-state index is 13.2. The first-order valence-corrected chi connectivity index (χ1v) is 10.5. The van der Waals surface area contributed by atoms with Crippen LogP contribution in [0.4, 0.5) is 17.1 Å². The van der Waals surface area contributed by atoms with Crippen molar-refractivity contribution in [1.29, 1.82) is 0 Å². The highest BCUT2D eigenvalue weighted by Gasteiger charge is 2.42. The van der Waals surface area contributed by atoms with E-state index in [1.165, 1.54) is 0 Å². The van der Waals surface area contributed by atoms with E-state index in [4.69, 9.17) is 4.74 Å². The summed E-state index contributed by atoms with van der Waals surface area (Å²) < 4.78 is 31.4. The fourth-order valence-electron chi connectivity index (χ4n) is 3.50. The molecule has 1 aliphatic rings. The van der Waals surface area contributed by atoms with Crippen LogP contribution in [0.2, 0.25) is 0 Å². The number of amides is 1. The van der Waals surface area contributed by atoms with Crippen LogP contribution in [0.15, 0.2) is 30.3 Å². The number of carbonyl (C=O) groups excluding carboxylic acids is 1. The Morgan fingerprint density at radius 1 is 1.04 bits per heavy atom. The molecule has 0 atom stereocenters. The summed E-state index contributed by atoms with van der Waals surface area (Å²) >= 11 is 0. The number of fused-ring (bicyclic) bond motifs is 1. The third-order valence-electron chi connectivity index (χ3n) is 4.45. The van der Waals surface area contributed by atoms with Crippen molar-refractivity contribution >= 4 is 33.0 Å². The van der Waals surface area contributed by atoms with Crippen molar-refractivity contribution in [1.82, 2.24) is 0 Å². The third-order valence-corrected chi connectivity index (χ3v) is 5.05. The van der Waals surface area contributed by atoms with Crippen LogP contribution in [-0.4, -0.2) is 26.2 Å². The number of carbonyl (C=O) groups is 1. The van der Waals surface area contributed by atoms with Crippen molar-refractivity contribution in [3.8, 4) is 5.75 Å². The van der Waals surface area contributed by atoms with E-state index < -0.39 is 15.6 Å². The lowest BCUT2D eigenvalue weighted by Crippen LogP contribution is -2.50. The van der Waals surface area contributed by atoms with Gasteiger partial charge in [0.2, 0.25) is 10.0 Å². The maximum atomic E-state index is 13.2. The molecule has 2 aromatic rings. The quantitative estimate of drug-likeness (QED) is 0.867. The molecule has 0 unspecified atom stereocenters. The van der Waals surface area contributed by atoms with Crippen molar-refractivity contribution in [2.24, 2.45) is 0 Å². The molecule has 6 nitrogen and oxygen atoms in total. The fourth-order valence-corrected chi connectivity index (χ4v) is 4.06. The number of ether oxygens (including phenoxy) is 1. The van der Waals surface area contributed by atoms with Crippen molar-refractivity contribution in [2.75, 3.05) is 15.9 Å². The molecule has 0 saturated carbocycles. The van der Waals surface area contributed by atoms with Gasteiger partial charge in [0.25, 0.3) is 5.91 Å². The Morgan fingerprint density at radius 2 is 1.63 bits per heavy atom. The second-order valence-electron chi connectivity index (χ2n) is 7.56. The van der Waals surface area contributed by atoms with Gasteiger partial charge in [-0.05, 0) is 57.9 Å². The lowest BCUT2D eigenvalue weighted by Gasteiger charge is -2.40. The minimum absolute atomic E-state index is 0.172. The monoisotopic (exact) mass is 388 g/mol. The van der Waals surface area contributed by atoms with Gasteiger partial charge in [-0.25, -0.2) is 8.42 Å². The second kappa shape index (κ2) is 6.27. The summed E-state index contributed by atoms with van der Waals surface area (Å²) in [6.07, 6.45) is 1.09. The van der Waals surface area contributed by atoms with Crippen molar-refractivity contribution in [2.45, 2.75) is 40.2 Å². The number of benzene rings is 2. The topological polar surface area (TPSA) is 75.7 Å². The van der Waals surface area contributed by atoms with Crippen LogP contribution in [0.25, 0.3) is 0 Å². The molecule has 0 aliphatic carbocycles. The number of anilines is 3. The zero-order valence-electron chi connectivity index (χ0n) is 16.4. The predicted octanol–water partition coefficient (Wildman–Crippen LogP) is 3.82. The average Bonchev–Trinajstić information content (AvgIpc) is 2.48. The number of nitrogens with zero attached hydrogens (tertiary/aromatic N) is 1. The van der Waals surface area contributed by atoms with Crippen LogP contribution in [0.1, 0.15) is 30.5 Å². The van der Waals surface area contributed by atoms with Gasteiger partial charge in [-0.2, -0.15) is 0 Å². The summed E-state index contributed by atoms with van der Waals surface area (Å²) in [7, 11) is -3.41. The van der Waals surface area contributed by atoms with Gasteiger partial charge < -0.3 is 4.74 Å². The molecule has 1 heterocycles. The summed E-state index contributed by atoms with van der Waals surface area (Å²) in [5.41, 5.74) is 3.83. The van der Waals surface area contributed by atoms with E-state index >= 15 is 0 Å². The lowest BCUT2D eigenvalue weighted by molar-refractivity contribution is -0.131. The molecule has 0 bridgehead atoms. The van der Waals surface area contributed by atoms with Crippen LogP contribution in [-0.2, 0) is 14.8 Å². The fraction of sp³-hybridized carbons (Fsp3) is 0.350. The Hall–Kier alpha value is -2.54. The summed E-state index contributed by atoms with van der Waals surface area (Å²) in [5.74, 6) is 0.279. The summed E-state index contributed by atoms with van der Waals surface area (Å²) in [6.45, 7) is 9.39. The molecule has 1 amide bonds. The Balaban J connectivity index is 2.21. The van der Waals surface area contributed by atoms with Crippen molar-refractivity contribution in [3.63, 3.8) is 0 Å². The van der Waals surface area contributed by atoms with Gasteiger partial charge in [-0.3, -0.25) is 14.4 Å². The summed E-state index contributed by atoms with van der Waals surface area (Å²) in [5, 5.41) is 0. The van der Waals surface area contributed by atoms with E-state index in [1.807, 2.05) is 32.9 Å². The number of aryl methyl sites for hydroxylation is 3. The molecule has 0 spiro atoms. The molecule has 0 aromatic heterocycles. The maximum Gasteiger partial charge on any atom is 0.275 e. The van der Waals surface area contributed by atoms with Gasteiger partial charge in [0.1, 0.15) is 5.75 Å². The van der Waals surface area contributed by atoms with E-state index in [2.05, 4.69) is 4.72 Å². The number of rotatable bonds is 3. The van der Waals surface area contributed by atoms with Crippen molar-refractivity contribution < 1.29 is 17.9 Å². The average molecular weight is 388 g/mol. The minimum atomic E-state index is -3.41. The number of hydrogen-bond acceptors (Lipinski definition) is 4. The third kappa shape index (κ3) is 3.64. The van der Waals surface area contributed by atoms with Crippen LogP contribution >= 0.6 is 0 Å². The first-order valence-electron chi connectivity index (χ1n) is 8.62. The molecule has 1 N–H and O–H groups in total. The van der Waals surface area contributed by atoms with Crippen LogP contribution in [0.5, 0.6) is 5.75 Å². The number of nitrogens with one attached hydrogen (secondary N) is 1. The Kier molecular flexibility index (Phi) is 4.46. The highest BCUT2D eigenvalue weighted by molar-refractivity contribution is 7.92. The predicted molar refractivity (Wildman–Crippen MR) is 107 cm³/mol. The molecule has 0 saturated heterocycles. The second-order valence-corrected chi connectivity index (χ2v) is 9.31. The zero-order valence-corrected chi connectivity index (χ0v) is 17.2. The molecule has 7 heteroatoms. The molecular weight excluding hydrogens is 364 g/mol. The van der Waals surface area contributed by atoms with Gasteiger partial charge in [0.15, 0.2) is 5.60 Å². The largest absolute Gasteiger partial charge is 0.476 e. The molecule has 0 radical (unpaired) electrons. The standard InChI is InChI=1S/C20H24N2O4S/c1-12-9-13(2)18(14(3)10-12)22-16-8-7-15(21-27(6,24)25)11-17(16)26-20(4,5)19(22)23/h7-11,21H,1-6H3. The molecule has 1 aliphatic heterocycles. The minimum Gasteiger partial charge on any atom is -0.476 e. The zero-order chi connectivity index (χ0) is 20.1. The van der Waals surface area contributed by atoms with Gasteiger partial charge in [0.05, 0.1) is 23.3 Å². The van der Waals surface area contributed by atoms with E-state index in [0.717, 1.165) is 28.6 Å². The molecule has 2 aromatic carbocycles. The van der Waals surface area contributed by atoms with Gasteiger partial charge in [-0.1, -0.05) is 17.7 Å². The van der Waals surface area contributed by atoms with Crippen molar-refractivity contribution in [3.05, 3.63) is 47.0 Å². The summed E-state index contributed by atoms with van der Waals surface area (Å²) in [4.78, 5) is 14.9. The number of hydrogen-bond donors (Lipinski definition) is 1. The van der Waals surface area contributed by atoms with Gasteiger partial charge >= 0.3 is 0 Å². The smallest absolute Gasteiger partial charge is 0.275 e. The van der Waals surface area contributed by atoms with Crippen LogP contribution in [0, 0.1) is 20.8 Å². The van der Waals surface area contributed by atoms with Crippen LogP contribution < -0.4 is 14.4 Å². The molecule has 27 heavy (non-hydrogen) atoms. The first-order chi connectivity index (χ1) is 12.4. The number of sulfonamides is 1. The molecular formula is C20H24N2O4S. The highest BCUT2D eigenvalue weighted by Crippen LogP contribution is 2.45. The summed E-state index contributed by atoms with van der Waals surface area (Å²) in [6, 6.07) is 9.01. The lowest BCUT2D eigenvalue weighted by atomic mass is 9.98. The highest BCUT2D eigenvalue weighted by atomic mass is 32.2. The molecule has 144 valence electrons. The van der Waals surface area contributed by atoms with E-state index in [1.54, 1.807) is 36.9 Å². The van der Waals surface area contributed by atoms with Gasteiger partial charge in [0, 0.05) is 6.07 Å². The van der Waals surface area contributed by atoms with E-state index in [9.17, 15) is 13.2 Å². The SMILES string of the molecule is Cc1cc(C)c(N2C(=O)C(C)(C)Oc3cc(NS(C)(=O)=O)ccc32)c(C)c1. The molecule has 0 fully saturated rings. The normalized spacial score (nSPS) is 15.9. The first kappa shape index (κ1) is 19.2. The van der Waals surface area contributed by atoms with Gasteiger partial charge in [-0.15, -0.1) is 0 Å². The Labute approximate surface area is 160 Å². The van der Waals surface area contributed by atoms with E-state index in [0.29, 0.717) is 17.1 Å². The Bertz CT molecular complexity index is 1020.